The number of rotatable bonds is 1. The molecule has 1 aromatic rings. The van der Waals surface area contributed by atoms with Crippen LogP contribution >= 0.6 is 12.4 Å². The number of hydrogen-bond donors (Lipinski definition) is 1. The molecule has 7 heteroatoms. The maximum atomic E-state index is 13.3. The summed E-state index contributed by atoms with van der Waals surface area (Å²) in [5, 5.41) is 2.69. The van der Waals surface area contributed by atoms with Gasteiger partial charge in [-0.15, -0.1) is 12.4 Å². The lowest BCUT2D eigenvalue weighted by Crippen LogP contribution is -2.19. The fraction of sp³-hybridized carbons (Fsp3) is 0.400. The summed E-state index contributed by atoms with van der Waals surface area (Å²) in [6.45, 7) is 0.504. The maximum Gasteiger partial charge on any atom is 0.200 e. The highest BCUT2D eigenvalue weighted by molar-refractivity contribution is 5.85. The standard InChI is InChI=1S/C10H8F5N.ClH/c11-6-5(4-2-1-3-16-4)7(12)9(14)10(15)8(6)13;/h4,16H,1-3H2;1H/t4-;/m0./s1. The first-order valence-corrected chi connectivity index (χ1v) is 4.78. The highest BCUT2D eigenvalue weighted by Crippen LogP contribution is 2.31. The summed E-state index contributed by atoms with van der Waals surface area (Å²) in [6.07, 6.45) is 1.00. The number of benzene rings is 1. The van der Waals surface area contributed by atoms with Crippen LogP contribution in [0.2, 0.25) is 0 Å². The molecule has 1 saturated heterocycles. The van der Waals surface area contributed by atoms with E-state index in [9.17, 15) is 22.0 Å². The first-order valence-electron chi connectivity index (χ1n) is 4.78. The molecule has 0 amide bonds. The van der Waals surface area contributed by atoms with Crippen LogP contribution in [0.3, 0.4) is 0 Å². The third kappa shape index (κ3) is 2.24. The molecule has 1 fully saturated rings. The van der Waals surface area contributed by atoms with E-state index in [1.54, 1.807) is 0 Å². The molecule has 1 N–H and O–H groups in total. The van der Waals surface area contributed by atoms with Crippen LogP contribution in [0.25, 0.3) is 0 Å². The summed E-state index contributed by atoms with van der Waals surface area (Å²) in [4.78, 5) is 0. The molecule has 0 aromatic heterocycles. The number of hydrogen-bond acceptors (Lipinski definition) is 1. The Bertz CT molecular complexity index is 402. The Balaban J connectivity index is 0.00000144. The fourth-order valence-corrected chi connectivity index (χ4v) is 1.86. The largest absolute Gasteiger partial charge is 0.310 e. The van der Waals surface area contributed by atoms with Crippen molar-refractivity contribution in [3.8, 4) is 0 Å². The average molecular weight is 274 g/mol. The molecule has 1 atom stereocenters. The monoisotopic (exact) mass is 273 g/mol. The summed E-state index contributed by atoms with van der Waals surface area (Å²) in [7, 11) is 0. The van der Waals surface area contributed by atoms with Gasteiger partial charge in [-0.05, 0) is 19.4 Å². The third-order valence-corrected chi connectivity index (χ3v) is 2.65. The fourth-order valence-electron chi connectivity index (χ4n) is 1.86. The molecule has 1 nitrogen and oxygen atoms in total. The summed E-state index contributed by atoms with van der Waals surface area (Å²) in [5.74, 6) is -9.37. The van der Waals surface area contributed by atoms with Gasteiger partial charge in [0.05, 0.1) is 0 Å². The minimum atomic E-state index is -2.11. The van der Waals surface area contributed by atoms with Gasteiger partial charge in [0.1, 0.15) is 0 Å². The van der Waals surface area contributed by atoms with Crippen molar-refractivity contribution in [1.82, 2.24) is 5.32 Å². The minimum absolute atomic E-state index is 0. The molecule has 0 unspecified atom stereocenters. The second kappa shape index (κ2) is 5.18. The van der Waals surface area contributed by atoms with Crippen molar-refractivity contribution in [1.29, 1.82) is 0 Å². The Morgan fingerprint density at radius 1 is 0.824 bits per heavy atom. The van der Waals surface area contributed by atoms with Gasteiger partial charge in [-0.3, -0.25) is 0 Å². The molecule has 1 heterocycles. The van der Waals surface area contributed by atoms with E-state index in [-0.39, 0.29) is 12.4 Å². The van der Waals surface area contributed by atoms with Gasteiger partial charge in [0, 0.05) is 11.6 Å². The zero-order chi connectivity index (χ0) is 11.9. The van der Waals surface area contributed by atoms with Gasteiger partial charge in [-0.25, -0.2) is 22.0 Å². The SMILES string of the molecule is Cl.Fc1c(F)c(F)c([C@@H]2CCCN2)c(F)c1F. The zero-order valence-electron chi connectivity index (χ0n) is 8.50. The molecule has 0 bridgehead atoms. The van der Waals surface area contributed by atoms with Crippen LogP contribution in [0.1, 0.15) is 24.4 Å². The lowest BCUT2D eigenvalue weighted by atomic mass is 10.0. The van der Waals surface area contributed by atoms with Gasteiger partial charge in [0.25, 0.3) is 0 Å². The smallest absolute Gasteiger partial charge is 0.200 e. The van der Waals surface area contributed by atoms with E-state index in [0.717, 1.165) is 0 Å². The van der Waals surface area contributed by atoms with Gasteiger partial charge in [-0.2, -0.15) is 0 Å². The molecule has 2 rings (SSSR count). The van der Waals surface area contributed by atoms with Gasteiger partial charge >= 0.3 is 0 Å². The van der Waals surface area contributed by atoms with Gasteiger partial charge in [0.2, 0.25) is 5.82 Å². The Labute approximate surface area is 100 Å². The zero-order valence-corrected chi connectivity index (χ0v) is 9.31. The first kappa shape index (κ1) is 14.2. The highest BCUT2D eigenvalue weighted by Gasteiger charge is 2.31. The second-order valence-electron chi connectivity index (χ2n) is 3.63. The third-order valence-electron chi connectivity index (χ3n) is 2.65. The predicted molar refractivity (Wildman–Crippen MR) is 53.5 cm³/mol. The van der Waals surface area contributed by atoms with E-state index in [0.29, 0.717) is 19.4 Å². The normalized spacial score (nSPS) is 19.2. The van der Waals surface area contributed by atoms with Gasteiger partial charge < -0.3 is 5.32 Å². The molecule has 17 heavy (non-hydrogen) atoms. The van der Waals surface area contributed by atoms with Crippen molar-refractivity contribution in [2.45, 2.75) is 18.9 Å². The molecule has 0 saturated carbocycles. The van der Waals surface area contributed by atoms with Crippen molar-refractivity contribution in [3.63, 3.8) is 0 Å². The van der Waals surface area contributed by atoms with Gasteiger partial charge in [-0.1, -0.05) is 0 Å². The quantitative estimate of drug-likeness (QED) is 0.471. The van der Waals surface area contributed by atoms with Crippen molar-refractivity contribution in [2.24, 2.45) is 0 Å². The van der Waals surface area contributed by atoms with Crippen LogP contribution in [0, 0.1) is 29.1 Å². The maximum absolute atomic E-state index is 13.3. The van der Waals surface area contributed by atoms with Crippen LogP contribution < -0.4 is 5.32 Å². The van der Waals surface area contributed by atoms with Crippen LogP contribution in [0.15, 0.2) is 0 Å². The Hall–Kier alpha value is -0.880. The summed E-state index contributed by atoms with van der Waals surface area (Å²) < 4.78 is 65.1. The van der Waals surface area contributed by atoms with Crippen molar-refractivity contribution in [3.05, 3.63) is 34.6 Å². The molecular formula is C10H9ClF5N. The van der Waals surface area contributed by atoms with E-state index < -0.39 is 40.7 Å². The summed E-state index contributed by atoms with van der Waals surface area (Å²) >= 11 is 0. The molecule has 0 radical (unpaired) electrons. The molecule has 0 aliphatic carbocycles. The Morgan fingerprint density at radius 3 is 1.71 bits per heavy atom. The molecule has 1 aromatic carbocycles. The highest BCUT2D eigenvalue weighted by atomic mass is 35.5. The van der Waals surface area contributed by atoms with Gasteiger partial charge in [0.15, 0.2) is 23.3 Å². The molecular weight excluding hydrogens is 265 g/mol. The second-order valence-corrected chi connectivity index (χ2v) is 3.63. The van der Waals surface area contributed by atoms with E-state index >= 15 is 0 Å². The van der Waals surface area contributed by atoms with Crippen molar-refractivity contribution >= 4 is 12.4 Å². The minimum Gasteiger partial charge on any atom is -0.310 e. The first-order chi connectivity index (χ1) is 7.54. The summed E-state index contributed by atoms with van der Waals surface area (Å²) in [5.41, 5.74) is -0.756. The van der Waals surface area contributed by atoms with Crippen LogP contribution in [-0.2, 0) is 0 Å². The van der Waals surface area contributed by atoms with E-state index in [2.05, 4.69) is 5.32 Å². The van der Waals surface area contributed by atoms with Crippen LogP contribution in [0.5, 0.6) is 0 Å². The summed E-state index contributed by atoms with van der Waals surface area (Å²) in [6, 6.07) is -0.801. The average Bonchev–Trinajstić information content (AvgIpc) is 2.77. The lowest BCUT2D eigenvalue weighted by molar-refractivity contribution is 0.361. The lowest BCUT2D eigenvalue weighted by Gasteiger charge is -2.14. The predicted octanol–water partition coefficient (Wildman–Crippen LogP) is 3.23. The molecule has 1 aliphatic rings. The van der Waals surface area contributed by atoms with E-state index in [4.69, 9.17) is 0 Å². The number of halogens is 6. The van der Waals surface area contributed by atoms with Crippen molar-refractivity contribution < 1.29 is 22.0 Å². The topological polar surface area (TPSA) is 12.0 Å². The van der Waals surface area contributed by atoms with E-state index in [1.807, 2.05) is 0 Å². The van der Waals surface area contributed by atoms with Crippen LogP contribution in [0.4, 0.5) is 22.0 Å². The Morgan fingerprint density at radius 2 is 1.29 bits per heavy atom. The van der Waals surface area contributed by atoms with Crippen molar-refractivity contribution in [2.75, 3.05) is 6.54 Å². The van der Waals surface area contributed by atoms with Crippen LogP contribution in [-0.4, -0.2) is 6.54 Å². The number of nitrogens with one attached hydrogen (secondary N) is 1. The molecule has 1 aliphatic heterocycles. The molecule has 0 spiro atoms. The molecule has 96 valence electrons. The Kier molecular flexibility index (Phi) is 4.32. The van der Waals surface area contributed by atoms with E-state index in [1.165, 1.54) is 0 Å².